The Morgan fingerprint density at radius 2 is 1.90 bits per heavy atom. The molecule has 2 atom stereocenters. The van der Waals surface area contributed by atoms with Gasteiger partial charge >= 0.3 is 5.97 Å². The van der Waals surface area contributed by atoms with Gasteiger partial charge in [-0.25, -0.2) is 0 Å². The smallest absolute Gasteiger partial charge is 0.303 e. The fraction of sp³-hybridized carbons (Fsp3) is 0.526. The second-order valence-electron chi connectivity index (χ2n) is 6.05. The Balaban J connectivity index is 1.82. The van der Waals surface area contributed by atoms with Crippen molar-refractivity contribution in [2.45, 2.75) is 57.3 Å². The molecule has 0 saturated heterocycles. The third-order valence-corrected chi connectivity index (χ3v) is 4.50. The highest BCUT2D eigenvalue weighted by Crippen LogP contribution is 2.39. The van der Waals surface area contributed by atoms with Gasteiger partial charge in [-0.15, -0.1) is 0 Å². The molecule has 0 spiro atoms. The van der Waals surface area contributed by atoms with E-state index in [1.807, 2.05) is 0 Å². The van der Waals surface area contributed by atoms with Gasteiger partial charge in [0.15, 0.2) is 0 Å². The summed E-state index contributed by atoms with van der Waals surface area (Å²) >= 11 is 0. The molecule has 0 unspecified atom stereocenters. The Kier molecular flexibility index (Phi) is 6.52. The summed E-state index contributed by atoms with van der Waals surface area (Å²) < 4.78 is 0. The van der Waals surface area contributed by atoms with Crippen LogP contribution in [0, 0.1) is 5.92 Å². The van der Waals surface area contributed by atoms with Crippen LogP contribution in [0.2, 0.25) is 0 Å². The third kappa shape index (κ3) is 5.37. The average Bonchev–Trinajstić information content (AvgIpc) is 2.52. The number of benzene rings is 1. The first kappa shape index (κ1) is 15.8. The van der Waals surface area contributed by atoms with Gasteiger partial charge in [0, 0.05) is 6.42 Å². The van der Waals surface area contributed by atoms with E-state index >= 15 is 0 Å². The second kappa shape index (κ2) is 8.66. The van der Waals surface area contributed by atoms with Gasteiger partial charge in [-0.05, 0) is 49.5 Å². The minimum Gasteiger partial charge on any atom is -0.481 e. The summed E-state index contributed by atoms with van der Waals surface area (Å²) in [5, 5.41) is 8.61. The van der Waals surface area contributed by atoms with Crippen LogP contribution in [0.3, 0.4) is 0 Å². The van der Waals surface area contributed by atoms with E-state index in [9.17, 15) is 4.79 Å². The van der Waals surface area contributed by atoms with Crippen molar-refractivity contribution < 1.29 is 9.90 Å². The standard InChI is InChI=1S/C19H26O2/c20-19(21)15-7-2-1-4-10-17-13-8-9-14-18(17)16-11-5-3-6-12-16/h1,3-6,11-12,17-18H,2,7-10,13-15H2,(H,20,21)/t17-,18+/m1/s1. The van der Waals surface area contributed by atoms with Crippen molar-refractivity contribution in [1.82, 2.24) is 0 Å². The molecule has 2 rings (SSSR count). The topological polar surface area (TPSA) is 37.3 Å². The molecule has 1 aliphatic rings. The Morgan fingerprint density at radius 3 is 2.67 bits per heavy atom. The Labute approximate surface area is 127 Å². The quantitative estimate of drug-likeness (QED) is 0.555. The Bertz CT molecular complexity index is 450. The maximum absolute atomic E-state index is 10.5. The monoisotopic (exact) mass is 286 g/mol. The number of carboxylic acid groups (broad SMARTS) is 1. The Hall–Kier alpha value is -1.57. The van der Waals surface area contributed by atoms with Crippen molar-refractivity contribution in [3.8, 4) is 0 Å². The molecule has 1 saturated carbocycles. The first-order valence-electron chi connectivity index (χ1n) is 8.19. The van der Waals surface area contributed by atoms with Crippen LogP contribution in [-0.2, 0) is 4.79 Å². The van der Waals surface area contributed by atoms with Gasteiger partial charge in [0.1, 0.15) is 0 Å². The van der Waals surface area contributed by atoms with E-state index in [0.717, 1.165) is 25.2 Å². The molecule has 1 fully saturated rings. The van der Waals surface area contributed by atoms with Gasteiger partial charge in [0.05, 0.1) is 0 Å². The number of rotatable bonds is 7. The third-order valence-electron chi connectivity index (χ3n) is 4.50. The van der Waals surface area contributed by atoms with Crippen molar-refractivity contribution in [2.75, 3.05) is 0 Å². The summed E-state index contributed by atoms with van der Waals surface area (Å²) in [6, 6.07) is 10.9. The lowest BCUT2D eigenvalue weighted by molar-refractivity contribution is -0.137. The van der Waals surface area contributed by atoms with Crippen molar-refractivity contribution in [2.24, 2.45) is 5.92 Å². The van der Waals surface area contributed by atoms with E-state index in [-0.39, 0.29) is 6.42 Å². The summed E-state index contributed by atoms with van der Waals surface area (Å²) in [6.45, 7) is 0. The van der Waals surface area contributed by atoms with Gasteiger partial charge < -0.3 is 5.11 Å². The zero-order chi connectivity index (χ0) is 14.9. The van der Waals surface area contributed by atoms with Crippen molar-refractivity contribution in [1.29, 1.82) is 0 Å². The molecule has 0 aliphatic heterocycles. The second-order valence-corrected chi connectivity index (χ2v) is 6.05. The zero-order valence-electron chi connectivity index (χ0n) is 12.7. The number of unbranched alkanes of at least 4 members (excludes halogenated alkanes) is 1. The van der Waals surface area contributed by atoms with Crippen LogP contribution in [-0.4, -0.2) is 11.1 Å². The molecule has 0 bridgehead atoms. The average molecular weight is 286 g/mol. The highest BCUT2D eigenvalue weighted by Gasteiger charge is 2.25. The van der Waals surface area contributed by atoms with Crippen LogP contribution in [0.4, 0.5) is 0 Å². The highest BCUT2D eigenvalue weighted by molar-refractivity contribution is 5.66. The van der Waals surface area contributed by atoms with Gasteiger partial charge in [0.25, 0.3) is 0 Å². The molecule has 1 aliphatic carbocycles. The number of carbonyl (C=O) groups is 1. The summed E-state index contributed by atoms with van der Waals surface area (Å²) in [7, 11) is 0. The molecule has 1 aromatic carbocycles. The van der Waals surface area contributed by atoms with Crippen molar-refractivity contribution in [3.05, 3.63) is 48.0 Å². The van der Waals surface area contributed by atoms with Crippen LogP contribution in [0.1, 0.15) is 62.8 Å². The van der Waals surface area contributed by atoms with Crippen molar-refractivity contribution >= 4 is 5.97 Å². The predicted molar refractivity (Wildman–Crippen MR) is 86.4 cm³/mol. The molecular formula is C19H26O2. The predicted octanol–water partition coefficient (Wildman–Crippen LogP) is 5.16. The fourth-order valence-corrected chi connectivity index (χ4v) is 3.39. The van der Waals surface area contributed by atoms with Gasteiger partial charge in [-0.1, -0.05) is 55.3 Å². The maximum Gasteiger partial charge on any atom is 0.303 e. The summed E-state index contributed by atoms with van der Waals surface area (Å²) in [5.41, 5.74) is 1.49. The summed E-state index contributed by atoms with van der Waals surface area (Å²) in [6.07, 6.45) is 12.8. The van der Waals surface area contributed by atoms with E-state index in [2.05, 4.69) is 42.5 Å². The molecular weight excluding hydrogens is 260 g/mol. The minimum atomic E-state index is -0.695. The number of aliphatic carboxylic acids is 1. The van der Waals surface area contributed by atoms with E-state index in [1.54, 1.807) is 0 Å². The maximum atomic E-state index is 10.5. The zero-order valence-corrected chi connectivity index (χ0v) is 12.7. The van der Waals surface area contributed by atoms with Gasteiger partial charge in [-0.2, -0.15) is 0 Å². The molecule has 2 nitrogen and oxygen atoms in total. The largest absolute Gasteiger partial charge is 0.481 e. The molecule has 1 aromatic rings. The SMILES string of the molecule is O=C(O)CCCC=CC[C@@H]1CCCC[C@H]1c1ccccc1. The molecule has 114 valence electrons. The lowest BCUT2D eigenvalue weighted by Crippen LogP contribution is -2.17. The van der Waals surface area contributed by atoms with Crippen LogP contribution < -0.4 is 0 Å². The Morgan fingerprint density at radius 1 is 1.14 bits per heavy atom. The van der Waals surface area contributed by atoms with E-state index < -0.39 is 5.97 Å². The molecule has 0 heterocycles. The molecule has 0 amide bonds. The minimum absolute atomic E-state index is 0.278. The number of hydrogen-bond donors (Lipinski definition) is 1. The first-order chi connectivity index (χ1) is 10.3. The first-order valence-corrected chi connectivity index (χ1v) is 8.19. The van der Waals surface area contributed by atoms with E-state index in [1.165, 1.54) is 31.2 Å². The molecule has 1 N–H and O–H groups in total. The summed E-state index contributed by atoms with van der Waals surface area (Å²) in [5.74, 6) is 0.750. The van der Waals surface area contributed by atoms with Crippen LogP contribution in [0.15, 0.2) is 42.5 Å². The normalized spacial score (nSPS) is 22.5. The lowest BCUT2D eigenvalue weighted by atomic mass is 9.74. The molecule has 0 aromatic heterocycles. The fourth-order valence-electron chi connectivity index (χ4n) is 3.39. The van der Waals surface area contributed by atoms with E-state index in [4.69, 9.17) is 5.11 Å². The van der Waals surface area contributed by atoms with Crippen molar-refractivity contribution in [3.63, 3.8) is 0 Å². The molecule has 21 heavy (non-hydrogen) atoms. The number of allylic oxidation sites excluding steroid dienone is 2. The summed E-state index contributed by atoms with van der Waals surface area (Å²) in [4.78, 5) is 10.5. The van der Waals surface area contributed by atoms with E-state index in [0.29, 0.717) is 5.92 Å². The lowest BCUT2D eigenvalue weighted by Gasteiger charge is -2.31. The highest BCUT2D eigenvalue weighted by atomic mass is 16.4. The van der Waals surface area contributed by atoms with Crippen LogP contribution >= 0.6 is 0 Å². The number of hydrogen-bond acceptors (Lipinski definition) is 1. The molecule has 0 radical (unpaired) electrons. The van der Waals surface area contributed by atoms with Crippen LogP contribution in [0.25, 0.3) is 0 Å². The molecule has 2 heteroatoms. The number of carboxylic acids is 1. The van der Waals surface area contributed by atoms with Crippen LogP contribution in [0.5, 0.6) is 0 Å². The van der Waals surface area contributed by atoms with Gasteiger partial charge in [-0.3, -0.25) is 4.79 Å². The van der Waals surface area contributed by atoms with Gasteiger partial charge in [0.2, 0.25) is 0 Å².